The number of unbranched alkanes of at least 4 members (excludes halogenated alkanes) is 2. The summed E-state index contributed by atoms with van der Waals surface area (Å²) in [4.78, 5) is 0. The predicted molar refractivity (Wildman–Crippen MR) is 92.6 cm³/mol. The second-order valence-electron chi connectivity index (χ2n) is 5.89. The van der Waals surface area contributed by atoms with Gasteiger partial charge in [-0.3, -0.25) is 0 Å². The maximum absolute atomic E-state index is 10.8. The number of hydrogen-bond donors (Lipinski definition) is 1. The summed E-state index contributed by atoms with van der Waals surface area (Å²) in [7, 11) is 0. The number of hydrogen-bond acceptors (Lipinski definition) is 1. The molecule has 0 aromatic heterocycles. The first-order chi connectivity index (χ1) is 10.1. The number of halogens is 1. The van der Waals surface area contributed by atoms with Crippen molar-refractivity contribution in [1.82, 2.24) is 0 Å². The Hall–Kier alpha value is -0.790. The lowest BCUT2D eigenvalue weighted by atomic mass is 9.83. The molecule has 0 spiro atoms. The van der Waals surface area contributed by atoms with Gasteiger partial charge in [0, 0.05) is 11.5 Å². The van der Waals surface area contributed by atoms with Gasteiger partial charge in [0.25, 0.3) is 0 Å². The summed E-state index contributed by atoms with van der Waals surface area (Å²) >= 11 is 6.06. The summed E-state index contributed by atoms with van der Waals surface area (Å²) in [5.74, 6) is 0.136. The highest BCUT2D eigenvalue weighted by atomic mass is 35.5. The summed E-state index contributed by atoms with van der Waals surface area (Å²) in [6.45, 7) is 6.44. The van der Waals surface area contributed by atoms with E-state index >= 15 is 0 Å². The van der Waals surface area contributed by atoms with Crippen molar-refractivity contribution in [2.24, 2.45) is 5.92 Å². The van der Waals surface area contributed by atoms with Crippen molar-refractivity contribution in [3.63, 3.8) is 0 Å². The van der Waals surface area contributed by atoms with E-state index in [4.69, 9.17) is 11.6 Å². The number of aryl methyl sites for hydroxylation is 1. The molecule has 0 amide bonds. The zero-order valence-electron chi connectivity index (χ0n) is 13.6. The van der Waals surface area contributed by atoms with Gasteiger partial charge >= 0.3 is 0 Å². The Bertz CT molecular complexity index is 422. The molecule has 0 radical (unpaired) electrons. The topological polar surface area (TPSA) is 20.2 Å². The Morgan fingerprint density at radius 2 is 1.76 bits per heavy atom. The van der Waals surface area contributed by atoms with Gasteiger partial charge in [-0.15, -0.1) is 0 Å². The van der Waals surface area contributed by atoms with E-state index in [1.807, 2.05) is 12.1 Å². The fourth-order valence-corrected chi connectivity index (χ4v) is 2.94. The molecule has 21 heavy (non-hydrogen) atoms. The third kappa shape index (κ3) is 5.84. The van der Waals surface area contributed by atoms with Crippen LogP contribution < -0.4 is 0 Å². The maximum Gasteiger partial charge on any atom is 0.0855 e. The molecular weight excluding hydrogens is 280 g/mol. The van der Waals surface area contributed by atoms with Crippen molar-refractivity contribution >= 4 is 11.6 Å². The van der Waals surface area contributed by atoms with Gasteiger partial charge in [0.1, 0.15) is 0 Å². The zero-order chi connectivity index (χ0) is 15.7. The van der Waals surface area contributed by atoms with Crippen LogP contribution in [0.15, 0.2) is 35.4 Å². The highest BCUT2D eigenvalue weighted by molar-refractivity contribution is 6.25. The Labute approximate surface area is 135 Å². The molecule has 0 aliphatic carbocycles. The predicted octanol–water partition coefficient (Wildman–Crippen LogP) is 6.15. The summed E-state index contributed by atoms with van der Waals surface area (Å²) in [6, 6.07) is 8.19. The summed E-state index contributed by atoms with van der Waals surface area (Å²) in [5, 5.41) is 10.8. The van der Waals surface area contributed by atoms with Crippen LogP contribution in [0, 0.1) is 12.8 Å². The first-order valence-electron chi connectivity index (χ1n) is 8.17. The van der Waals surface area contributed by atoms with Crippen LogP contribution in [0.4, 0.5) is 0 Å². The van der Waals surface area contributed by atoms with Crippen molar-refractivity contribution in [2.45, 2.75) is 65.4 Å². The van der Waals surface area contributed by atoms with Crippen LogP contribution >= 0.6 is 11.6 Å². The first-order valence-corrected chi connectivity index (χ1v) is 8.61. The van der Waals surface area contributed by atoms with Crippen molar-refractivity contribution in [3.05, 3.63) is 46.5 Å². The van der Waals surface area contributed by atoms with Gasteiger partial charge in [0.2, 0.25) is 0 Å². The van der Waals surface area contributed by atoms with E-state index in [0.717, 1.165) is 44.1 Å². The fourth-order valence-electron chi connectivity index (χ4n) is 2.67. The molecular formula is C19H29ClO. The highest BCUT2D eigenvalue weighted by Gasteiger charge is 2.23. The average Bonchev–Trinajstić information content (AvgIpc) is 2.50. The van der Waals surface area contributed by atoms with E-state index in [1.165, 1.54) is 11.1 Å². The van der Waals surface area contributed by atoms with Crippen molar-refractivity contribution in [3.8, 4) is 0 Å². The molecule has 1 N–H and O–H groups in total. The van der Waals surface area contributed by atoms with Crippen LogP contribution in [0.1, 0.15) is 69.6 Å². The van der Waals surface area contributed by atoms with E-state index in [2.05, 4.69) is 32.9 Å². The fraction of sp³-hybridized carbons (Fsp3) is 0.579. The molecule has 1 nitrogen and oxygen atoms in total. The summed E-state index contributed by atoms with van der Waals surface area (Å²) in [5.41, 5.74) is 5.11. The zero-order valence-corrected chi connectivity index (χ0v) is 14.4. The molecule has 2 atom stereocenters. The Balaban J connectivity index is 2.91. The molecule has 0 saturated heterocycles. The van der Waals surface area contributed by atoms with Crippen LogP contribution in [0.2, 0.25) is 0 Å². The second-order valence-corrected chi connectivity index (χ2v) is 6.11. The van der Waals surface area contributed by atoms with Gasteiger partial charge in [-0.2, -0.15) is 0 Å². The molecule has 0 fully saturated rings. The maximum atomic E-state index is 10.8. The Morgan fingerprint density at radius 1 is 1.14 bits per heavy atom. The monoisotopic (exact) mass is 308 g/mol. The Morgan fingerprint density at radius 3 is 2.29 bits per heavy atom. The summed E-state index contributed by atoms with van der Waals surface area (Å²) in [6.07, 6.45) is 6.05. The first kappa shape index (κ1) is 18.3. The van der Waals surface area contributed by atoms with Crippen LogP contribution in [-0.4, -0.2) is 5.11 Å². The minimum absolute atomic E-state index is 0.136. The molecule has 0 aliphatic rings. The lowest BCUT2D eigenvalue weighted by Crippen LogP contribution is -2.15. The van der Waals surface area contributed by atoms with Crippen LogP contribution in [-0.2, 0) is 0 Å². The molecule has 0 heterocycles. The second kappa shape index (κ2) is 10.0. The van der Waals surface area contributed by atoms with E-state index in [-0.39, 0.29) is 5.92 Å². The molecule has 1 rings (SSSR count). The van der Waals surface area contributed by atoms with Gasteiger partial charge in [-0.25, -0.2) is 0 Å². The van der Waals surface area contributed by atoms with E-state index in [1.54, 1.807) is 5.54 Å². The molecule has 2 heteroatoms. The van der Waals surface area contributed by atoms with Crippen molar-refractivity contribution in [2.75, 3.05) is 0 Å². The summed E-state index contributed by atoms with van der Waals surface area (Å²) < 4.78 is 0. The molecule has 1 aromatic rings. The smallest absolute Gasteiger partial charge is 0.0855 e. The molecule has 0 aliphatic heterocycles. The molecule has 118 valence electrons. The minimum Gasteiger partial charge on any atom is -0.388 e. The van der Waals surface area contributed by atoms with Gasteiger partial charge in [0.05, 0.1) is 6.10 Å². The average molecular weight is 309 g/mol. The number of aliphatic hydroxyl groups excluding tert-OH is 1. The number of aliphatic hydroxyl groups is 1. The largest absolute Gasteiger partial charge is 0.388 e. The van der Waals surface area contributed by atoms with Crippen LogP contribution in [0.3, 0.4) is 0 Å². The standard InChI is InChI=1S/C19H29ClO/c1-4-6-8-17(14-20)18(9-7-5-2)19(21)16-12-10-15(3)11-13-16/h10-14,18-19,21H,4-9H2,1-3H3/b17-14-/t18-,19+/m1/s1. The molecule has 0 unspecified atom stereocenters. The number of benzene rings is 1. The third-order valence-electron chi connectivity index (χ3n) is 4.10. The van der Waals surface area contributed by atoms with E-state index in [0.29, 0.717) is 0 Å². The lowest BCUT2D eigenvalue weighted by molar-refractivity contribution is 0.118. The minimum atomic E-state index is -0.459. The van der Waals surface area contributed by atoms with Gasteiger partial charge in [-0.1, -0.05) is 80.1 Å². The Kier molecular flexibility index (Phi) is 8.72. The van der Waals surface area contributed by atoms with Gasteiger partial charge in [0.15, 0.2) is 0 Å². The van der Waals surface area contributed by atoms with E-state index in [9.17, 15) is 5.11 Å². The SMILES string of the molecule is CCCC/C(=C/Cl)[C@@H](CCCC)[C@@H](O)c1ccc(C)cc1. The highest BCUT2D eigenvalue weighted by Crippen LogP contribution is 2.35. The molecule has 0 bridgehead atoms. The lowest BCUT2D eigenvalue weighted by Gasteiger charge is -2.26. The van der Waals surface area contributed by atoms with Crippen LogP contribution in [0.25, 0.3) is 0 Å². The number of rotatable bonds is 9. The van der Waals surface area contributed by atoms with Gasteiger partial charge in [-0.05, 0) is 31.7 Å². The van der Waals surface area contributed by atoms with Crippen molar-refractivity contribution < 1.29 is 5.11 Å². The third-order valence-corrected chi connectivity index (χ3v) is 4.38. The van der Waals surface area contributed by atoms with Gasteiger partial charge < -0.3 is 5.11 Å². The normalized spacial score (nSPS) is 15.0. The van der Waals surface area contributed by atoms with E-state index < -0.39 is 6.10 Å². The van der Waals surface area contributed by atoms with Crippen LogP contribution in [0.5, 0.6) is 0 Å². The quantitative estimate of drug-likeness (QED) is 0.580. The molecule has 0 saturated carbocycles. The molecule has 1 aromatic carbocycles. The van der Waals surface area contributed by atoms with Crippen molar-refractivity contribution in [1.29, 1.82) is 0 Å².